The van der Waals surface area contributed by atoms with E-state index in [-0.39, 0.29) is 18.2 Å². The van der Waals surface area contributed by atoms with Gasteiger partial charge in [0.05, 0.1) is 5.69 Å². The van der Waals surface area contributed by atoms with Gasteiger partial charge in [-0.05, 0) is 36.3 Å². The largest absolute Gasteiger partial charge is 0.356 e. The van der Waals surface area contributed by atoms with E-state index in [1.54, 1.807) is 0 Å². The van der Waals surface area contributed by atoms with E-state index in [0.717, 1.165) is 24.9 Å². The van der Waals surface area contributed by atoms with E-state index in [1.807, 2.05) is 6.07 Å². The second-order valence-electron chi connectivity index (χ2n) is 6.88. The number of nitrogens with one attached hydrogen (secondary N) is 2. The average molecular weight is 376 g/mol. The lowest BCUT2D eigenvalue weighted by atomic mass is 10.0. The first kappa shape index (κ1) is 20.5. The average Bonchev–Trinajstić information content (AvgIpc) is 2.93. The molecule has 5 nitrogen and oxygen atoms in total. The molecular formula is C20H29N3O2S. The minimum atomic E-state index is -0.410. The molecule has 1 fully saturated rings. The fraction of sp³-hybridized carbons (Fsp3) is 0.550. The van der Waals surface area contributed by atoms with Gasteiger partial charge >= 0.3 is 0 Å². The van der Waals surface area contributed by atoms with Crippen LogP contribution in [-0.2, 0) is 22.4 Å². The Balaban J connectivity index is 2.03. The number of benzene rings is 1. The number of nitrogens with zero attached hydrogens (tertiary/aromatic N) is 1. The van der Waals surface area contributed by atoms with Crippen LogP contribution in [0.1, 0.15) is 51.7 Å². The molecule has 0 spiro atoms. The predicted molar refractivity (Wildman–Crippen MR) is 109 cm³/mol. The van der Waals surface area contributed by atoms with Gasteiger partial charge in [-0.2, -0.15) is 0 Å². The highest BCUT2D eigenvalue weighted by Crippen LogP contribution is 2.30. The Bertz CT molecular complexity index is 663. The summed E-state index contributed by atoms with van der Waals surface area (Å²) in [5, 5.41) is 5.90. The predicted octanol–water partition coefficient (Wildman–Crippen LogP) is 3.58. The SMILES string of the molecule is CCc1cccc(CC)c1N=C1NC(=O)[C@@H](CC(=O)NCCC(C)C)S1. The number of aliphatic imine (C=N–C) groups is 1. The van der Waals surface area contributed by atoms with Crippen LogP contribution in [0.3, 0.4) is 0 Å². The number of aryl methyl sites for hydroxylation is 2. The van der Waals surface area contributed by atoms with E-state index in [4.69, 9.17) is 4.99 Å². The molecule has 0 aromatic heterocycles. The Morgan fingerprint density at radius 1 is 1.27 bits per heavy atom. The lowest BCUT2D eigenvalue weighted by Crippen LogP contribution is -2.32. The Hall–Kier alpha value is -1.82. The van der Waals surface area contributed by atoms with E-state index in [0.29, 0.717) is 17.6 Å². The van der Waals surface area contributed by atoms with Gasteiger partial charge in [0.25, 0.3) is 0 Å². The van der Waals surface area contributed by atoms with Crippen molar-refractivity contribution in [3.8, 4) is 0 Å². The van der Waals surface area contributed by atoms with E-state index in [2.05, 4.69) is 50.5 Å². The maximum atomic E-state index is 12.2. The molecule has 2 rings (SSSR count). The van der Waals surface area contributed by atoms with E-state index in [1.165, 1.54) is 22.9 Å². The molecule has 1 saturated heterocycles. The Labute approximate surface area is 160 Å². The quantitative estimate of drug-likeness (QED) is 0.729. The van der Waals surface area contributed by atoms with Crippen LogP contribution in [0, 0.1) is 5.92 Å². The summed E-state index contributed by atoms with van der Waals surface area (Å²) < 4.78 is 0. The van der Waals surface area contributed by atoms with Crippen LogP contribution in [-0.4, -0.2) is 28.8 Å². The number of para-hydroxylation sites is 1. The number of rotatable bonds is 8. The zero-order valence-electron chi connectivity index (χ0n) is 16.1. The standard InChI is InChI=1S/C20H29N3O2S/c1-5-14-8-7-9-15(6-2)18(14)22-20-23-19(25)16(26-20)12-17(24)21-11-10-13(3)4/h7-9,13,16H,5-6,10-12H2,1-4H3,(H,21,24)(H,22,23,25)/t16-/m1/s1. The van der Waals surface area contributed by atoms with Crippen LogP contribution < -0.4 is 10.6 Å². The fourth-order valence-corrected chi connectivity index (χ4v) is 3.77. The van der Waals surface area contributed by atoms with Crippen molar-refractivity contribution in [1.82, 2.24) is 10.6 Å². The van der Waals surface area contributed by atoms with Gasteiger partial charge in [-0.3, -0.25) is 9.59 Å². The highest BCUT2D eigenvalue weighted by atomic mass is 32.2. The number of hydrogen-bond acceptors (Lipinski definition) is 4. The Morgan fingerprint density at radius 3 is 2.50 bits per heavy atom. The molecule has 0 unspecified atom stereocenters. The summed E-state index contributed by atoms with van der Waals surface area (Å²) in [4.78, 5) is 29.0. The lowest BCUT2D eigenvalue weighted by Gasteiger charge is -2.09. The van der Waals surface area contributed by atoms with Gasteiger partial charge in [0, 0.05) is 13.0 Å². The van der Waals surface area contributed by atoms with Crippen LogP contribution in [0.15, 0.2) is 23.2 Å². The number of amidine groups is 1. The van der Waals surface area contributed by atoms with Gasteiger partial charge in [-0.15, -0.1) is 0 Å². The smallest absolute Gasteiger partial charge is 0.240 e. The summed E-state index contributed by atoms with van der Waals surface area (Å²) >= 11 is 1.35. The maximum absolute atomic E-state index is 12.2. The van der Waals surface area contributed by atoms with Crippen molar-refractivity contribution in [3.63, 3.8) is 0 Å². The molecule has 0 bridgehead atoms. The molecule has 1 aliphatic rings. The molecule has 6 heteroatoms. The third-order valence-electron chi connectivity index (χ3n) is 4.37. The van der Waals surface area contributed by atoms with Gasteiger partial charge in [0.15, 0.2) is 5.17 Å². The minimum Gasteiger partial charge on any atom is -0.356 e. The molecule has 2 N–H and O–H groups in total. The summed E-state index contributed by atoms with van der Waals surface area (Å²) in [5.41, 5.74) is 3.28. The third-order valence-corrected chi connectivity index (χ3v) is 5.45. The molecule has 142 valence electrons. The molecule has 0 aliphatic carbocycles. The second kappa shape index (κ2) is 9.76. The van der Waals surface area contributed by atoms with Gasteiger partial charge < -0.3 is 10.6 Å². The molecule has 0 saturated carbocycles. The molecule has 0 radical (unpaired) electrons. The van der Waals surface area contributed by atoms with E-state index >= 15 is 0 Å². The summed E-state index contributed by atoms with van der Waals surface area (Å²) in [6, 6.07) is 6.19. The molecular weight excluding hydrogens is 346 g/mol. The first-order chi connectivity index (χ1) is 12.4. The maximum Gasteiger partial charge on any atom is 0.240 e. The van der Waals surface area contributed by atoms with E-state index < -0.39 is 5.25 Å². The normalized spacial score (nSPS) is 18.4. The zero-order chi connectivity index (χ0) is 19.1. The van der Waals surface area contributed by atoms with Crippen molar-refractivity contribution in [2.75, 3.05) is 6.54 Å². The number of hydrogen-bond donors (Lipinski definition) is 2. The summed E-state index contributed by atoms with van der Waals surface area (Å²) in [7, 11) is 0. The number of amides is 2. The van der Waals surface area contributed by atoms with Crippen molar-refractivity contribution >= 4 is 34.4 Å². The van der Waals surface area contributed by atoms with Crippen molar-refractivity contribution in [3.05, 3.63) is 29.3 Å². The third kappa shape index (κ3) is 5.59. The zero-order valence-corrected chi connectivity index (χ0v) is 16.9. The van der Waals surface area contributed by atoms with Crippen LogP contribution in [0.25, 0.3) is 0 Å². The second-order valence-corrected chi connectivity index (χ2v) is 8.07. The van der Waals surface area contributed by atoms with Crippen LogP contribution in [0.2, 0.25) is 0 Å². The highest BCUT2D eigenvalue weighted by Gasteiger charge is 2.32. The molecule has 1 atom stereocenters. The molecule has 1 aromatic rings. The number of carbonyl (C=O) groups is 2. The topological polar surface area (TPSA) is 70.6 Å². The van der Waals surface area contributed by atoms with Crippen LogP contribution in [0.4, 0.5) is 5.69 Å². The number of thioether (sulfide) groups is 1. The van der Waals surface area contributed by atoms with Crippen molar-refractivity contribution in [1.29, 1.82) is 0 Å². The molecule has 1 aliphatic heterocycles. The van der Waals surface area contributed by atoms with Crippen molar-refractivity contribution in [2.24, 2.45) is 10.9 Å². The Kier molecular flexibility index (Phi) is 7.69. The molecule has 1 aromatic carbocycles. The summed E-state index contributed by atoms with van der Waals surface area (Å²) in [6.07, 6.45) is 2.90. The lowest BCUT2D eigenvalue weighted by molar-refractivity contribution is -0.125. The molecule has 1 heterocycles. The van der Waals surface area contributed by atoms with Crippen molar-refractivity contribution in [2.45, 2.75) is 58.6 Å². The number of carbonyl (C=O) groups excluding carboxylic acids is 2. The Morgan fingerprint density at radius 2 is 1.92 bits per heavy atom. The molecule has 2 amide bonds. The van der Waals surface area contributed by atoms with Crippen LogP contribution >= 0.6 is 11.8 Å². The van der Waals surface area contributed by atoms with E-state index in [9.17, 15) is 9.59 Å². The highest BCUT2D eigenvalue weighted by molar-refractivity contribution is 8.15. The monoisotopic (exact) mass is 375 g/mol. The van der Waals surface area contributed by atoms with Gasteiger partial charge in [-0.25, -0.2) is 4.99 Å². The summed E-state index contributed by atoms with van der Waals surface area (Å²) in [6.45, 7) is 9.09. The summed E-state index contributed by atoms with van der Waals surface area (Å²) in [5.74, 6) is 0.326. The first-order valence-electron chi connectivity index (χ1n) is 9.38. The van der Waals surface area contributed by atoms with Gasteiger partial charge in [0.1, 0.15) is 5.25 Å². The minimum absolute atomic E-state index is 0.0808. The molecule has 26 heavy (non-hydrogen) atoms. The van der Waals surface area contributed by atoms with Gasteiger partial charge in [-0.1, -0.05) is 57.7 Å². The van der Waals surface area contributed by atoms with Crippen LogP contribution in [0.5, 0.6) is 0 Å². The van der Waals surface area contributed by atoms with Gasteiger partial charge in [0.2, 0.25) is 11.8 Å². The fourth-order valence-electron chi connectivity index (χ4n) is 2.79. The first-order valence-corrected chi connectivity index (χ1v) is 10.3. The van der Waals surface area contributed by atoms with Crippen molar-refractivity contribution < 1.29 is 9.59 Å².